The molecule has 2 rings (SSSR count). The van der Waals surface area contributed by atoms with E-state index in [1.54, 1.807) is 14.2 Å². The van der Waals surface area contributed by atoms with Gasteiger partial charge in [0.05, 0.1) is 26.9 Å². The molecule has 0 aliphatic carbocycles. The van der Waals surface area contributed by atoms with Crippen molar-refractivity contribution in [1.29, 1.82) is 0 Å². The molecule has 0 amide bonds. The quantitative estimate of drug-likeness (QED) is 0.857. The molecule has 0 saturated carbocycles. The molecule has 0 aromatic heterocycles. The number of hydrogen-bond acceptors (Lipinski definition) is 4. The summed E-state index contributed by atoms with van der Waals surface area (Å²) < 4.78 is 10.7. The van der Waals surface area contributed by atoms with Gasteiger partial charge in [0.25, 0.3) is 0 Å². The molecule has 0 aliphatic rings. The predicted molar refractivity (Wildman–Crippen MR) is 84.2 cm³/mol. The summed E-state index contributed by atoms with van der Waals surface area (Å²) in [6.45, 7) is 2.00. The van der Waals surface area contributed by atoms with E-state index in [9.17, 15) is 5.11 Å². The van der Waals surface area contributed by atoms with Crippen LogP contribution in [-0.2, 0) is 0 Å². The molecule has 0 aliphatic heterocycles. The highest BCUT2D eigenvalue weighted by molar-refractivity contribution is 5.53. The van der Waals surface area contributed by atoms with Gasteiger partial charge in [-0.3, -0.25) is 0 Å². The van der Waals surface area contributed by atoms with Crippen LogP contribution in [0.1, 0.15) is 17.2 Å². The van der Waals surface area contributed by atoms with Crippen LogP contribution in [-0.4, -0.2) is 25.9 Å². The van der Waals surface area contributed by atoms with E-state index in [4.69, 9.17) is 9.47 Å². The van der Waals surface area contributed by atoms with Crippen LogP contribution in [0.5, 0.6) is 11.5 Å². The Morgan fingerprint density at radius 2 is 1.76 bits per heavy atom. The smallest absolute Gasteiger partial charge is 0.166 e. The monoisotopic (exact) mass is 287 g/mol. The van der Waals surface area contributed by atoms with Gasteiger partial charge < -0.3 is 19.9 Å². The summed E-state index contributed by atoms with van der Waals surface area (Å²) in [5, 5.41) is 13.0. The first-order chi connectivity index (χ1) is 10.2. The molecule has 2 aromatic rings. The molecule has 0 saturated heterocycles. The second-order valence-electron chi connectivity index (χ2n) is 4.83. The Labute approximate surface area is 125 Å². The highest BCUT2D eigenvalue weighted by Gasteiger charge is 2.18. The second kappa shape index (κ2) is 6.99. The molecule has 0 heterocycles. The molecule has 1 atom stereocenters. The van der Waals surface area contributed by atoms with Gasteiger partial charge in [-0.05, 0) is 25.1 Å². The van der Waals surface area contributed by atoms with Crippen molar-refractivity contribution >= 4 is 5.69 Å². The van der Waals surface area contributed by atoms with Gasteiger partial charge in [-0.2, -0.15) is 0 Å². The van der Waals surface area contributed by atoms with Crippen molar-refractivity contribution in [1.82, 2.24) is 0 Å². The van der Waals surface area contributed by atoms with Crippen LogP contribution < -0.4 is 14.8 Å². The number of aliphatic hydroxyl groups excluding tert-OH is 1. The molecule has 2 aromatic carbocycles. The first-order valence-electron chi connectivity index (χ1n) is 6.84. The maximum Gasteiger partial charge on any atom is 0.166 e. The van der Waals surface area contributed by atoms with Crippen LogP contribution in [0.2, 0.25) is 0 Å². The van der Waals surface area contributed by atoms with Crippen LogP contribution in [0, 0.1) is 6.92 Å². The van der Waals surface area contributed by atoms with Gasteiger partial charge in [0.15, 0.2) is 11.5 Å². The molecule has 4 heteroatoms. The summed E-state index contributed by atoms with van der Waals surface area (Å²) in [7, 11) is 3.20. The topological polar surface area (TPSA) is 50.7 Å². The minimum absolute atomic E-state index is 0.0442. The SMILES string of the molecule is COc1cccc(C(CO)Nc2ccc(C)cc2)c1OC. The standard InChI is InChI=1S/C17H21NO3/c1-12-7-9-13(10-8-12)18-15(11-19)14-5-4-6-16(20-2)17(14)21-3/h4-10,15,18-19H,11H2,1-3H3. The molecule has 0 radical (unpaired) electrons. The summed E-state index contributed by atoms with van der Waals surface area (Å²) in [5.41, 5.74) is 3.00. The predicted octanol–water partition coefficient (Wildman–Crippen LogP) is 3.16. The number of rotatable bonds is 6. The van der Waals surface area contributed by atoms with Crippen molar-refractivity contribution in [3.05, 3.63) is 53.6 Å². The molecule has 4 nitrogen and oxygen atoms in total. The van der Waals surface area contributed by atoms with E-state index in [0.29, 0.717) is 11.5 Å². The van der Waals surface area contributed by atoms with Crippen molar-refractivity contribution in [3.8, 4) is 11.5 Å². The van der Waals surface area contributed by atoms with Crippen molar-refractivity contribution in [2.24, 2.45) is 0 Å². The molecule has 0 fully saturated rings. The van der Waals surface area contributed by atoms with E-state index in [1.807, 2.05) is 49.4 Å². The Bertz CT molecular complexity index is 581. The van der Waals surface area contributed by atoms with E-state index in [-0.39, 0.29) is 12.6 Å². The van der Waals surface area contributed by atoms with Gasteiger partial charge >= 0.3 is 0 Å². The van der Waals surface area contributed by atoms with Gasteiger partial charge in [-0.25, -0.2) is 0 Å². The lowest BCUT2D eigenvalue weighted by Crippen LogP contribution is -2.16. The molecule has 112 valence electrons. The minimum atomic E-state index is -0.266. The Hall–Kier alpha value is -2.20. The van der Waals surface area contributed by atoms with Crippen LogP contribution in [0.3, 0.4) is 0 Å². The van der Waals surface area contributed by atoms with Gasteiger partial charge in [-0.1, -0.05) is 29.8 Å². The van der Waals surface area contributed by atoms with E-state index in [2.05, 4.69) is 5.32 Å². The van der Waals surface area contributed by atoms with E-state index in [0.717, 1.165) is 11.3 Å². The number of para-hydroxylation sites is 1. The fourth-order valence-electron chi connectivity index (χ4n) is 2.26. The lowest BCUT2D eigenvalue weighted by atomic mass is 10.0. The molecular weight excluding hydrogens is 266 g/mol. The molecule has 0 spiro atoms. The summed E-state index contributed by atoms with van der Waals surface area (Å²) in [4.78, 5) is 0. The number of aryl methyl sites for hydroxylation is 1. The van der Waals surface area contributed by atoms with Gasteiger partial charge in [0.1, 0.15) is 0 Å². The van der Waals surface area contributed by atoms with Crippen LogP contribution in [0.25, 0.3) is 0 Å². The lowest BCUT2D eigenvalue weighted by Gasteiger charge is -2.21. The maximum absolute atomic E-state index is 9.72. The molecule has 21 heavy (non-hydrogen) atoms. The highest BCUT2D eigenvalue weighted by atomic mass is 16.5. The Morgan fingerprint density at radius 3 is 2.33 bits per heavy atom. The van der Waals surface area contributed by atoms with Gasteiger partial charge in [0.2, 0.25) is 0 Å². The van der Waals surface area contributed by atoms with E-state index >= 15 is 0 Å². The third kappa shape index (κ3) is 3.47. The van der Waals surface area contributed by atoms with Crippen molar-refractivity contribution < 1.29 is 14.6 Å². The average molecular weight is 287 g/mol. The summed E-state index contributed by atoms with van der Waals surface area (Å²) in [6, 6.07) is 13.4. The van der Waals surface area contributed by atoms with Crippen LogP contribution >= 0.6 is 0 Å². The molecule has 1 unspecified atom stereocenters. The van der Waals surface area contributed by atoms with Crippen molar-refractivity contribution in [3.63, 3.8) is 0 Å². The van der Waals surface area contributed by atoms with Crippen molar-refractivity contribution in [2.45, 2.75) is 13.0 Å². The Morgan fingerprint density at radius 1 is 1.05 bits per heavy atom. The first-order valence-corrected chi connectivity index (χ1v) is 6.84. The number of aliphatic hydroxyl groups is 1. The summed E-state index contributed by atoms with van der Waals surface area (Å²) in [5.74, 6) is 1.29. The largest absolute Gasteiger partial charge is 0.493 e. The fraction of sp³-hybridized carbons (Fsp3) is 0.294. The lowest BCUT2D eigenvalue weighted by molar-refractivity contribution is 0.271. The van der Waals surface area contributed by atoms with Crippen LogP contribution in [0.15, 0.2) is 42.5 Å². The van der Waals surface area contributed by atoms with Gasteiger partial charge in [0, 0.05) is 11.3 Å². The highest BCUT2D eigenvalue weighted by Crippen LogP contribution is 2.35. The summed E-state index contributed by atoms with van der Waals surface area (Å²) in [6.07, 6.45) is 0. The molecular formula is C17H21NO3. The number of benzene rings is 2. The number of ether oxygens (including phenoxy) is 2. The van der Waals surface area contributed by atoms with E-state index in [1.165, 1.54) is 5.56 Å². The summed E-state index contributed by atoms with van der Waals surface area (Å²) >= 11 is 0. The molecule has 2 N–H and O–H groups in total. The average Bonchev–Trinajstić information content (AvgIpc) is 2.53. The van der Waals surface area contributed by atoms with Crippen molar-refractivity contribution in [2.75, 3.05) is 26.1 Å². The zero-order valence-corrected chi connectivity index (χ0v) is 12.6. The third-order valence-electron chi connectivity index (χ3n) is 3.38. The number of nitrogens with one attached hydrogen (secondary N) is 1. The number of anilines is 1. The normalized spacial score (nSPS) is 11.8. The fourth-order valence-corrected chi connectivity index (χ4v) is 2.26. The minimum Gasteiger partial charge on any atom is -0.493 e. The first kappa shape index (κ1) is 15.2. The Kier molecular flexibility index (Phi) is 5.06. The zero-order valence-electron chi connectivity index (χ0n) is 12.6. The number of hydrogen-bond donors (Lipinski definition) is 2. The van der Waals surface area contributed by atoms with E-state index < -0.39 is 0 Å². The zero-order chi connectivity index (χ0) is 15.2. The maximum atomic E-state index is 9.72. The second-order valence-corrected chi connectivity index (χ2v) is 4.83. The molecule has 0 bridgehead atoms. The van der Waals surface area contributed by atoms with Gasteiger partial charge in [-0.15, -0.1) is 0 Å². The third-order valence-corrected chi connectivity index (χ3v) is 3.38. The number of methoxy groups -OCH3 is 2. The Balaban J connectivity index is 2.31. The van der Waals surface area contributed by atoms with Crippen LogP contribution in [0.4, 0.5) is 5.69 Å².